The maximum Gasteiger partial charge on any atom is 0.267 e. The van der Waals surface area contributed by atoms with Gasteiger partial charge in [-0.15, -0.1) is 10.2 Å². The molecule has 0 amide bonds. The van der Waals surface area contributed by atoms with E-state index in [-0.39, 0.29) is 5.56 Å². The topological polar surface area (TPSA) is 52.2 Å². The Hall–Kier alpha value is -2.74. The Kier molecular flexibility index (Phi) is 4.43. The van der Waals surface area contributed by atoms with E-state index in [0.717, 1.165) is 22.9 Å². The predicted molar refractivity (Wildman–Crippen MR) is 102 cm³/mol. The van der Waals surface area contributed by atoms with Crippen molar-refractivity contribution in [3.8, 4) is 5.69 Å². The van der Waals surface area contributed by atoms with Crippen molar-refractivity contribution >= 4 is 28.4 Å². The van der Waals surface area contributed by atoms with Gasteiger partial charge in [-0.2, -0.15) is 0 Å². The van der Waals surface area contributed by atoms with Gasteiger partial charge in [0.2, 0.25) is 12.2 Å². The quantitative estimate of drug-likeness (QED) is 0.498. The average molecular weight is 386 g/mol. The number of fused-ring (bicyclic) bond motifs is 3. The van der Waals surface area contributed by atoms with Crippen LogP contribution in [0.15, 0.2) is 52.4 Å². The van der Waals surface area contributed by atoms with Gasteiger partial charge in [0.1, 0.15) is 0 Å². The number of thioether (sulfide) groups is 1. The fraction of sp³-hybridized carbons (Fsp3) is 0.211. The maximum absolute atomic E-state index is 13.2. The molecule has 0 atom stereocenters. The molecule has 2 aromatic carbocycles. The lowest BCUT2D eigenvalue weighted by atomic mass is 10.1. The molecule has 2 heterocycles. The van der Waals surface area contributed by atoms with Crippen LogP contribution in [0.25, 0.3) is 22.4 Å². The summed E-state index contributed by atoms with van der Waals surface area (Å²) in [4.78, 5) is 13.2. The zero-order valence-corrected chi connectivity index (χ0v) is 15.5. The van der Waals surface area contributed by atoms with Crippen molar-refractivity contribution in [2.45, 2.75) is 25.4 Å². The van der Waals surface area contributed by atoms with E-state index in [1.165, 1.54) is 4.57 Å². The molecule has 138 valence electrons. The molecular formula is C19H16F2N4OS. The first-order valence-corrected chi connectivity index (χ1v) is 9.33. The highest BCUT2D eigenvalue weighted by atomic mass is 32.2. The van der Waals surface area contributed by atoms with E-state index in [2.05, 4.69) is 10.2 Å². The van der Waals surface area contributed by atoms with E-state index in [1.807, 2.05) is 32.0 Å². The first-order chi connectivity index (χ1) is 13.0. The second kappa shape index (κ2) is 6.77. The van der Waals surface area contributed by atoms with Gasteiger partial charge >= 0.3 is 0 Å². The predicted octanol–water partition coefficient (Wildman–Crippen LogP) is 4.01. The molecule has 0 fully saturated rings. The lowest BCUT2D eigenvalue weighted by molar-refractivity contribution is 0.176. The lowest BCUT2D eigenvalue weighted by Gasteiger charge is -2.13. The summed E-state index contributed by atoms with van der Waals surface area (Å²) in [6.07, 6.45) is -2.46. The molecule has 0 bridgehead atoms. The summed E-state index contributed by atoms with van der Waals surface area (Å²) in [5.41, 5.74) is 3.07. The highest BCUT2D eigenvalue weighted by Gasteiger charge is 2.19. The van der Waals surface area contributed by atoms with Crippen LogP contribution in [0.1, 0.15) is 11.1 Å². The van der Waals surface area contributed by atoms with Crippen molar-refractivity contribution < 1.29 is 8.78 Å². The zero-order chi connectivity index (χ0) is 19.1. The minimum atomic E-state index is -2.46. The Labute approximate surface area is 157 Å². The molecule has 27 heavy (non-hydrogen) atoms. The molecule has 8 heteroatoms. The molecule has 0 aliphatic carbocycles. The van der Waals surface area contributed by atoms with Gasteiger partial charge in [-0.25, -0.2) is 13.3 Å². The molecule has 0 aliphatic rings. The van der Waals surface area contributed by atoms with Gasteiger partial charge in [-0.05, 0) is 37.6 Å². The van der Waals surface area contributed by atoms with Crippen LogP contribution in [0, 0.1) is 13.8 Å². The number of benzene rings is 2. The monoisotopic (exact) mass is 386 g/mol. The van der Waals surface area contributed by atoms with Crippen molar-refractivity contribution in [2.24, 2.45) is 0 Å². The minimum Gasteiger partial charge on any atom is -0.268 e. The molecular weight excluding hydrogens is 370 g/mol. The Morgan fingerprint density at radius 3 is 2.63 bits per heavy atom. The van der Waals surface area contributed by atoms with E-state index in [0.29, 0.717) is 27.5 Å². The zero-order valence-electron chi connectivity index (χ0n) is 14.7. The van der Waals surface area contributed by atoms with Crippen molar-refractivity contribution in [3.63, 3.8) is 0 Å². The number of alkyl halides is 2. The third kappa shape index (κ3) is 2.99. The van der Waals surface area contributed by atoms with Gasteiger partial charge in [0, 0.05) is 0 Å². The summed E-state index contributed by atoms with van der Waals surface area (Å²) in [6, 6.07) is 12.8. The summed E-state index contributed by atoms with van der Waals surface area (Å²) in [5, 5.41) is 9.04. The van der Waals surface area contributed by atoms with Gasteiger partial charge < -0.3 is 0 Å². The van der Waals surface area contributed by atoms with Crippen molar-refractivity contribution in [1.82, 2.24) is 19.2 Å². The number of para-hydroxylation sites is 1. The normalized spacial score (nSPS) is 11.7. The molecule has 5 nitrogen and oxygen atoms in total. The van der Waals surface area contributed by atoms with Gasteiger partial charge in [0.25, 0.3) is 5.56 Å². The lowest BCUT2D eigenvalue weighted by Crippen LogP contribution is -2.22. The SMILES string of the molecule is Cc1ccc(-n2c(=O)c3ccccc3n3c(SCC(F)F)nnc23)c(C)c1. The second-order valence-corrected chi connectivity index (χ2v) is 7.25. The molecule has 0 aliphatic heterocycles. The van der Waals surface area contributed by atoms with Crippen LogP contribution in [0.2, 0.25) is 0 Å². The molecule has 0 radical (unpaired) electrons. The molecule has 0 saturated carbocycles. The van der Waals surface area contributed by atoms with Crippen LogP contribution < -0.4 is 5.56 Å². The first-order valence-electron chi connectivity index (χ1n) is 8.35. The second-order valence-electron chi connectivity index (χ2n) is 6.27. The Morgan fingerprint density at radius 1 is 1.11 bits per heavy atom. The number of hydrogen-bond donors (Lipinski definition) is 0. The Balaban J connectivity index is 2.09. The third-order valence-electron chi connectivity index (χ3n) is 4.33. The molecule has 0 unspecified atom stereocenters. The van der Waals surface area contributed by atoms with Gasteiger partial charge in [-0.1, -0.05) is 41.6 Å². The summed E-state index contributed by atoms with van der Waals surface area (Å²) < 4.78 is 28.6. The molecule has 2 aromatic heterocycles. The summed E-state index contributed by atoms with van der Waals surface area (Å²) in [7, 11) is 0. The van der Waals surface area contributed by atoms with E-state index < -0.39 is 12.2 Å². The van der Waals surface area contributed by atoms with Crippen LogP contribution in [0.3, 0.4) is 0 Å². The average Bonchev–Trinajstić information content (AvgIpc) is 3.05. The van der Waals surface area contributed by atoms with Crippen LogP contribution in [0.4, 0.5) is 8.78 Å². The standard InChI is InChI=1S/C19H16F2N4OS/c1-11-7-8-14(12(2)9-11)24-17(26)13-5-3-4-6-15(13)25-18(24)22-23-19(25)27-10-16(20)21/h3-9,16H,10H2,1-2H3. The molecule has 0 N–H and O–H groups in total. The van der Waals surface area contributed by atoms with E-state index in [1.54, 1.807) is 28.7 Å². The van der Waals surface area contributed by atoms with Crippen LogP contribution in [-0.4, -0.2) is 31.3 Å². The molecule has 4 rings (SSSR count). The molecule has 0 spiro atoms. The molecule has 0 saturated heterocycles. The number of rotatable bonds is 4. The van der Waals surface area contributed by atoms with Gasteiger partial charge in [-0.3, -0.25) is 9.20 Å². The number of aryl methyl sites for hydroxylation is 2. The van der Waals surface area contributed by atoms with E-state index in [9.17, 15) is 13.6 Å². The largest absolute Gasteiger partial charge is 0.268 e. The molecule has 4 aromatic rings. The summed E-state index contributed by atoms with van der Waals surface area (Å²) in [5.74, 6) is -0.0833. The van der Waals surface area contributed by atoms with Crippen molar-refractivity contribution in [1.29, 1.82) is 0 Å². The van der Waals surface area contributed by atoms with Crippen LogP contribution >= 0.6 is 11.8 Å². The number of halogens is 2. The van der Waals surface area contributed by atoms with Crippen LogP contribution in [0.5, 0.6) is 0 Å². The number of aromatic nitrogens is 4. The van der Waals surface area contributed by atoms with E-state index >= 15 is 0 Å². The van der Waals surface area contributed by atoms with Gasteiger partial charge in [0.15, 0.2) is 5.16 Å². The highest BCUT2D eigenvalue weighted by molar-refractivity contribution is 7.99. The highest BCUT2D eigenvalue weighted by Crippen LogP contribution is 2.25. The maximum atomic E-state index is 13.2. The van der Waals surface area contributed by atoms with Gasteiger partial charge in [0.05, 0.1) is 22.3 Å². The van der Waals surface area contributed by atoms with Crippen molar-refractivity contribution in [3.05, 3.63) is 63.9 Å². The Morgan fingerprint density at radius 2 is 1.89 bits per heavy atom. The fourth-order valence-corrected chi connectivity index (χ4v) is 3.87. The number of hydrogen-bond acceptors (Lipinski definition) is 4. The smallest absolute Gasteiger partial charge is 0.267 e. The third-order valence-corrected chi connectivity index (χ3v) is 5.27. The summed E-state index contributed by atoms with van der Waals surface area (Å²) >= 11 is 0.920. The Bertz CT molecular complexity index is 1220. The minimum absolute atomic E-state index is 0.220. The number of nitrogens with zero attached hydrogens (tertiary/aromatic N) is 4. The fourth-order valence-electron chi connectivity index (χ4n) is 3.18. The summed E-state index contributed by atoms with van der Waals surface area (Å²) in [6.45, 7) is 3.90. The van der Waals surface area contributed by atoms with E-state index in [4.69, 9.17) is 0 Å². The first kappa shape index (κ1) is 17.7. The van der Waals surface area contributed by atoms with Crippen LogP contribution in [-0.2, 0) is 0 Å². The van der Waals surface area contributed by atoms with Crippen molar-refractivity contribution in [2.75, 3.05) is 5.75 Å².